The second-order valence-electron chi connectivity index (χ2n) is 5.80. The summed E-state index contributed by atoms with van der Waals surface area (Å²) in [5.74, 6) is -0.221. The van der Waals surface area contributed by atoms with E-state index in [2.05, 4.69) is 22.2 Å². The second-order valence-corrected chi connectivity index (χ2v) is 6.24. The molecule has 120 valence electrons. The molecule has 0 atom stereocenters. The molecule has 1 fully saturated rings. The zero-order valence-electron chi connectivity index (χ0n) is 12.9. The van der Waals surface area contributed by atoms with Gasteiger partial charge in [-0.05, 0) is 29.8 Å². The highest BCUT2D eigenvalue weighted by Gasteiger charge is 2.18. The van der Waals surface area contributed by atoms with Crippen LogP contribution < -0.4 is 4.90 Å². The minimum atomic E-state index is -0.221. The van der Waals surface area contributed by atoms with Crippen molar-refractivity contribution in [3.63, 3.8) is 0 Å². The summed E-state index contributed by atoms with van der Waals surface area (Å²) in [5.41, 5.74) is 2.23. The number of rotatable bonds is 4. The topological polar surface area (TPSA) is 20.0 Å². The standard InChI is InChI=1S/C18H19ClFN3/c19-17-5-1-16(2-6-17)14-22-9-11-23(12-10-22)21-13-15-3-7-18(20)8-4-15/h1-8,13H,9-12,14H2/p+1/b21-13-. The Labute approximate surface area is 141 Å². The fourth-order valence-electron chi connectivity index (χ4n) is 2.69. The van der Waals surface area contributed by atoms with Crippen LogP contribution in [0.1, 0.15) is 11.1 Å². The number of piperazine rings is 1. The normalized spacial score (nSPS) is 16.2. The Morgan fingerprint density at radius 3 is 2.35 bits per heavy atom. The van der Waals surface area contributed by atoms with Crippen molar-refractivity contribution in [2.75, 3.05) is 26.2 Å². The van der Waals surface area contributed by atoms with Gasteiger partial charge in [-0.25, -0.2) is 4.39 Å². The minimum Gasteiger partial charge on any atom is -0.328 e. The van der Waals surface area contributed by atoms with E-state index in [1.807, 2.05) is 12.1 Å². The number of nitrogens with one attached hydrogen (secondary N) is 1. The molecule has 0 unspecified atom stereocenters. The molecule has 3 nitrogen and oxygen atoms in total. The van der Waals surface area contributed by atoms with Gasteiger partial charge < -0.3 is 4.90 Å². The van der Waals surface area contributed by atoms with Crippen molar-refractivity contribution in [3.05, 3.63) is 70.5 Å². The SMILES string of the molecule is Fc1ccc(/C=N\N2CC[NH+](Cc3ccc(Cl)cc3)CC2)cc1. The largest absolute Gasteiger partial charge is 0.328 e. The molecular weight excluding hydrogens is 313 g/mol. The summed E-state index contributed by atoms with van der Waals surface area (Å²) in [7, 11) is 0. The third kappa shape index (κ3) is 4.78. The van der Waals surface area contributed by atoms with E-state index < -0.39 is 0 Å². The van der Waals surface area contributed by atoms with Crippen LogP contribution in [0.25, 0.3) is 0 Å². The van der Waals surface area contributed by atoms with Crippen molar-refractivity contribution in [3.8, 4) is 0 Å². The van der Waals surface area contributed by atoms with E-state index in [1.54, 1.807) is 23.2 Å². The highest BCUT2D eigenvalue weighted by molar-refractivity contribution is 6.30. The number of nitrogens with zero attached hydrogens (tertiary/aromatic N) is 2. The van der Waals surface area contributed by atoms with Gasteiger partial charge in [0.05, 0.1) is 32.4 Å². The van der Waals surface area contributed by atoms with E-state index in [4.69, 9.17) is 11.6 Å². The molecule has 1 saturated heterocycles. The van der Waals surface area contributed by atoms with Crippen LogP contribution in [-0.4, -0.2) is 37.4 Å². The van der Waals surface area contributed by atoms with Crippen LogP contribution in [0.2, 0.25) is 5.02 Å². The molecule has 2 aromatic rings. The first-order valence-corrected chi connectivity index (χ1v) is 8.19. The Balaban J connectivity index is 1.48. The maximum atomic E-state index is 12.9. The number of benzene rings is 2. The van der Waals surface area contributed by atoms with Gasteiger partial charge in [-0.1, -0.05) is 35.9 Å². The first kappa shape index (κ1) is 16.0. The molecule has 0 amide bonds. The molecule has 0 aromatic heterocycles. The summed E-state index contributed by atoms with van der Waals surface area (Å²) < 4.78 is 12.9. The van der Waals surface area contributed by atoms with Gasteiger partial charge in [0.25, 0.3) is 0 Å². The van der Waals surface area contributed by atoms with E-state index in [-0.39, 0.29) is 5.82 Å². The first-order valence-electron chi connectivity index (χ1n) is 7.81. The van der Waals surface area contributed by atoms with Crippen molar-refractivity contribution >= 4 is 17.8 Å². The zero-order valence-corrected chi connectivity index (χ0v) is 13.6. The molecule has 1 heterocycles. The molecule has 0 radical (unpaired) electrons. The van der Waals surface area contributed by atoms with Gasteiger partial charge in [0.15, 0.2) is 0 Å². The lowest BCUT2D eigenvalue weighted by Gasteiger charge is -2.30. The van der Waals surface area contributed by atoms with Crippen LogP contribution in [0.4, 0.5) is 4.39 Å². The minimum absolute atomic E-state index is 0.221. The van der Waals surface area contributed by atoms with Crippen LogP contribution in [0, 0.1) is 5.82 Å². The molecule has 0 spiro atoms. The molecule has 1 aliphatic heterocycles. The smallest absolute Gasteiger partial charge is 0.123 e. The van der Waals surface area contributed by atoms with Gasteiger partial charge in [-0.3, -0.25) is 5.01 Å². The maximum Gasteiger partial charge on any atom is 0.123 e. The van der Waals surface area contributed by atoms with Gasteiger partial charge in [0.1, 0.15) is 12.4 Å². The van der Waals surface area contributed by atoms with Crippen molar-refractivity contribution < 1.29 is 9.29 Å². The maximum absolute atomic E-state index is 12.9. The average molecular weight is 333 g/mol. The number of hydrogen-bond acceptors (Lipinski definition) is 2. The van der Waals surface area contributed by atoms with Gasteiger partial charge in [0, 0.05) is 10.6 Å². The van der Waals surface area contributed by atoms with Gasteiger partial charge in [-0.2, -0.15) is 5.10 Å². The molecule has 0 saturated carbocycles. The molecule has 1 aliphatic rings. The quantitative estimate of drug-likeness (QED) is 0.851. The van der Waals surface area contributed by atoms with E-state index in [0.29, 0.717) is 0 Å². The first-order chi connectivity index (χ1) is 11.2. The van der Waals surface area contributed by atoms with Crippen LogP contribution in [0.5, 0.6) is 0 Å². The fraction of sp³-hybridized carbons (Fsp3) is 0.278. The van der Waals surface area contributed by atoms with Crippen molar-refractivity contribution in [2.24, 2.45) is 5.10 Å². The third-order valence-electron chi connectivity index (χ3n) is 4.05. The third-order valence-corrected chi connectivity index (χ3v) is 4.31. The Bertz CT molecular complexity index is 647. The lowest BCUT2D eigenvalue weighted by atomic mass is 10.2. The fourth-order valence-corrected chi connectivity index (χ4v) is 2.82. The summed E-state index contributed by atoms with van der Waals surface area (Å²) in [5, 5.41) is 7.35. The summed E-state index contributed by atoms with van der Waals surface area (Å²) in [6.45, 7) is 5.00. The summed E-state index contributed by atoms with van der Waals surface area (Å²) in [6, 6.07) is 14.5. The number of quaternary nitrogens is 1. The Hall–Kier alpha value is -1.91. The summed E-state index contributed by atoms with van der Waals surface area (Å²) in [6.07, 6.45) is 1.80. The Morgan fingerprint density at radius 2 is 1.70 bits per heavy atom. The monoisotopic (exact) mass is 332 g/mol. The molecule has 2 aromatic carbocycles. The van der Waals surface area contributed by atoms with E-state index >= 15 is 0 Å². The van der Waals surface area contributed by atoms with Crippen molar-refractivity contribution in [2.45, 2.75) is 6.54 Å². The van der Waals surface area contributed by atoms with E-state index in [1.165, 1.54) is 17.7 Å². The van der Waals surface area contributed by atoms with Crippen molar-refractivity contribution in [1.82, 2.24) is 5.01 Å². The lowest BCUT2D eigenvalue weighted by molar-refractivity contribution is -0.918. The molecule has 0 bridgehead atoms. The highest BCUT2D eigenvalue weighted by Crippen LogP contribution is 2.08. The predicted molar refractivity (Wildman–Crippen MR) is 91.4 cm³/mol. The molecule has 3 rings (SSSR count). The predicted octanol–water partition coefficient (Wildman–Crippen LogP) is 2.21. The Morgan fingerprint density at radius 1 is 1.04 bits per heavy atom. The highest BCUT2D eigenvalue weighted by atomic mass is 35.5. The van der Waals surface area contributed by atoms with Gasteiger partial charge >= 0.3 is 0 Å². The summed E-state index contributed by atoms with van der Waals surface area (Å²) >= 11 is 5.92. The molecule has 23 heavy (non-hydrogen) atoms. The molecule has 5 heteroatoms. The Kier molecular flexibility index (Phi) is 5.26. The van der Waals surface area contributed by atoms with Gasteiger partial charge in [0.2, 0.25) is 0 Å². The average Bonchev–Trinajstić information content (AvgIpc) is 2.58. The number of halogens is 2. The second kappa shape index (κ2) is 7.57. The van der Waals surface area contributed by atoms with Crippen LogP contribution in [-0.2, 0) is 6.54 Å². The summed E-state index contributed by atoms with van der Waals surface area (Å²) in [4.78, 5) is 1.56. The lowest BCUT2D eigenvalue weighted by Crippen LogP contribution is -3.13. The molecular formula is C18H20ClFN3+. The molecule has 0 aliphatic carbocycles. The number of hydrazone groups is 1. The van der Waals surface area contributed by atoms with Crippen LogP contribution in [0.15, 0.2) is 53.6 Å². The molecule has 1 N–H and O–H groups in total. The van der Waals surface area contributed by atoms with E-state index in [9.17, 15) is 4.39 Å². The zero-order chi connectivity index (χ0) is 16.1. The van der Waals surface area contributed by atoms with Crippen LogP contribution >= 0.6 is 11.6 Å². The number of hydrogen-bond donors (Lipinski definition) is 1. The van der Waals surface area contributed by atoms with Gasteiger partial charge in [-0.15, -0.1) is 0 Å². The van der Waals surface area contributed by atoms with E-state index in [0.717, 1.165) is 43.3 Å². The van der Waals surface area contributed by atoms with Crippen LogP contribution in [0.3, 0.4) is 0 Å². The van der Waals surface area contributed by atoms with Crippen molar-refractivity contribution in [1.29, 1.82) is 0 Å².